The van der Waals surface area contributed by atoms with Gasteiger partial charge in [0.1, 0.15) is 0 Å². The van der Waals surface area contributed by atoms with Crippen LogP contribution in [0.15, 0.2) is 18.2 Å². The molecule has 23 heavy (non-hydrogen) atoms. The molecule has 0 unspecified atom stereocenters. The Bertz CT molecular complexity index is 578. The lowest BCUT2D eigenvalue weighted by Crippen LogP contribution is -2.14. The number of amides is 1. The second kappa shape index (κ2) is 9.35. The number of hydrogen-bond acceptors (Lipinski definition) is 4. The third-order valence-electron chi connectivity index (χ3n) is 3.36. The minimum Gasteiger partial charge on any atom is -0.478 e. The minimum absolute atomic E-state index is 0.0747. The van der Waals surface area contributed by atoms with Crippen LogP contribution in [0, 0.1) is 12.8 Å². The van der Waals surface area contributed by atoms with Crippen LogP contribution in [0.4, 0.5) is 5.69 Å². The number of rotatable bonds is 5. The molecule has 0 saturated carbocycles. The molecule has 1 aliphatic heterocycles. The Labute approximate surface area is 140 Å². The van der Waals surface area contributed by atoms with Crippen LogP contribution in [0.2, 0.25) is 0 Å². The lowest BCUT2D eigenvalue weighted by molar-refractivity contribution is -0.116. The molecule has 0 aromatic heterocycles. The predicted molar refractivity (Wildman–Crippen MR) is 92.9 cm³/mol. The average Bonchev–Trinajstić information content (AvgIpc) is 2.45. The molecule has 0 atom stereocenters. The fourth-order valence-corrected chi connectivity index (χ4v) is 2.19. The van der Waals surface area contributed by atoms with Crippen LogP contribution in [-0.4, -0.2) is 27.9 Å². The highest BCUT2D eigenvalue weighted by atomic mass is 32.2. The van der Waals surface area contributed by atoms with Gasteiger partial charge < -0.3 is 10.4 Å². The maximum absolute atomic E-state index is 11.7. The van der Waals surface area contributed by atoms with Crippen LogP contribution < -0.4 is 5.32 Å². The number of nitrogens with one attached hydrogen (secondary N) is 1. The van der Waals surface area contributed by atoms with Gasteiger partial charge in [-0.1, -0.05) is 31.7 Å². The number of carbonyl (C=O) groups excluding carboxylic acids is 2. The Morgan fingerprint density at radius 1 is 1.35 bits per heavy atom. The van der Waals surface area contributed by atoms with Crippen LogP contribution in [0.5, 0.6) is 0 Å². The second-order valence-corrected chi connectivity index (χ2v) is 6.89. The number of anilines is 1. The van der Waals surface area contributed by atoms with Crippen molar-refractivity contribution in [1.82, 2.24) is 0 Å². The molecule has 1 heterocycles. The van der Waals surface area contributed by atoms with Gasteiger partial charge in [0.2, 0.25) is 5.91 Å². The van der Waals surface area contributed by atoms with Gasteiger partial charge in [0.15, 0.2) is 5.12 Å². The van der Waals surface area contributed by atoms with E-state index in [1.165, 1.54) is 17.8 Å². The number of benzene rings is 1. The van der Waals surface area contributed by atoms with Crippen LogP contribution in [0.3, 0.4) is 0 Å². The summed E-state index contributed by atoms with van der Waals surface area (Å²) in [6.45, 7) is 5.81. The smallest absolute Gasteiger partial charge is 0.336 e. The highest BCUT2D eigenvalue weighted by Gasteiger charge is 2.12. The van der Waals surface area contributed by atoms with Gasteiger partial charge in [-0.15, -0.1) is 0 Å². The van der Waals surface area contributed by atoms with Gasteiger partial charge in [-0.3, -0.25) is 9.59 Å². The summed E-state index contributed by atoms with van der Waals surface area (Å²) in [4.78, 5) is 32.5. The molecule has 1 aliphatic rings. The van der Waals surface area contributed by atoms with Crippen molar-refractivity contribution in [3.8, 4) is 0 Å². The topological polar surface area (TPSA) is 83.5 Å². The molecule has 5 nitrogen and oxygen atoms in total. The molecule has 0 spiro atoms. The van der Waals surface area contributed by atoms with E-state index in [9.17, 15) is 14.4 Å². The molecular formula is C17H23NO4S. The normalized spacial score (nSPS) is 13.0. The van der Waals surface area contributed by atoms with Gasteiger partial charge in [-0.25, -0.2) is 4.79 Å². The summed E-state index contributed by atoms with van der Waals surface area (Å²) in [6.07, 6.45) is 2.09. The van der Waals surface area contributed by atoms with E-state index in [1.807, 2.05) is 0 Å². The number of carboxylic acids is 1. The molecule has 1 fully saturated rings. The van der Waals surface area contributed by atoms with E-state index in [0.717, 1.165) is 18.6 Å². The predicted octanol–water partition coefficient (Wildman–Crippen LogP) is 3.72. The van der Waals surface area contributed by atoms with Gasteiger partial charge in [0, 0.05) is 24.3 Å². The molecule has 0 aliphatic carbocycles. The summed E-state index contributed by atoms with van der Waals surface area (Å²) in [5, 5.41) is 12.1. The number of carboxylic acid groups (broad SMARTS) is 1. The zero-order valence-electron chi connectivity index (χ0n) is 13.7. The van der Waals surface area contributed by atoms with E-state index in [1.54, 1.807) is 19.1 Å². The fourth-order valence-electron chi connectivity index (χ4n) is 1.82. The third-order valence-corrected chi connectivity index (χ3v) is 4.29. The summed E-state index contributed by atoms with van der Waals surface area (Å²) in [5.41, 5.74) is 1.38. The maximum Gasteiger partial charge on any atom is 0.336 e. The molecule has 1 aromatic carbocycles. The first-order chi connectivity index (χ1) is 10.8. The first-order valence-electron chi connectivity index (χ1n) is 7.59. The van der Waals surface area contributed by atoms with Crippen molar-refractivity contribution >= 4 is 34.4 Å². The summed E-state index contributed by atoms with van der Waals surface area (Å²) >= 11 is 1.42. The highest BCUT2D eigenvalue weighted by molar-refractivity contribution is 8.15. The van der Waals surface area contributed by atoms with Crippen molar-refractivity contribution in [2.75, 3.05) is 11.1 Å². The van der Waals surface area contributed by atoms with Crippen LogP contribution in [-0.2, 0) is 9.59 Å². The molecule has 2 N–H and O–H groups in total. The van der Waals surface area contributed by atoms with Crippen molar-refractivity contribution in [1.29, 1.82) is 0 Å². The monoisotopic (exact) mass is 337 g/mol. The standard InChI is InChI=1S/C14H19NO3.C3H4OS/c1-9(2)7-8-13(16)15-12-6-4-5-11(10(12)3)14(17)18;4-3-1-2-5-3/h4-6,9H,7-8H2,1-3H3,(H,15,16)(H,17,18);1-2H2. The van der Waals surface area contributed by atoms with Gasteiger partial charge in [0.05, 0.1) is 5.56 Å². The summed E-state index contributed by atoms with van der Waals surface area (Å²) < 4.78 is 0. The molecule has 1 aromatic rings. The molecular weight excluding hydrogens is 314 g/mol. The number of thioether (sulfide) groups is 1. The lowest BCUT2D eigenvalue weighted by Gasteiger charge is -2.11. The van der Waals surface area contributed by atoms with Gasteiger partial charge in [-0.05, 0) is 37.0 Å². The first-order valence-corrected chi connectivity index (χ1v) is 8.58. The zero-order chi connectivity index (χ0) is 17.4. The Morgan fingerprint density at radius 3 is 2.39 bits per heavy atom. The van der Waals surface area contributed by atoms with Crippen molar-refractivity contribution in [2.45, 2.75) is 40.0 Å². The number of hydrogen-bond donors (Lipinski definition) is 2. The largest absolute Gasteiger partial charge is 0.478 e. The Kier molecular flexibility index (Phi) is 7.81. The third kappa shape index (κ3) is 6.86. The van der Waals surface area contributed by atoms with Crippen LogP contribution in [0.1, 0.15) is 49.0 Å². The zero-order valence-corrected chi connectivity index (χ0v) is 14.5. The van der Waals surface area contributed by atoms with E-state index in [-0.39, 0.29) is 11.5 Å². The number of carbonyl (C=O) groups is 3. The SMILES string of the molecule is Cc1c(NC(=O)CCC(C)C)cccc1C(=O)O.O=C1CCS1. The molecule has 1 saturated heterocycles. The lowest BCUT2D eigenvalue weighted by atomic mass is 10.1. The van der Waals surface area contributed by atoms with E-state index >= 15 is 0 Å². The van der Waals surface area contributed by atoms with E-state index in [0.29, 0.717) is 28.7 Å². The molecule has 1 amide bonds. The second-order valence-electron chi connectivity index (χ2n) is 5.73. The van der Waals surface area contributed by atoms with Crippen molar-refractivity contribution in [3.63, 3.8) is 0 Å². The van der Waals surface area contributed by atoms with Crippen molar-refractivity contribution < 1.29 is 19.5 Å². The molecule has 2 rings (SSSR count). The molecule has 0 bridgehead atoms. The van der Waals surface area contributed by atoms with E-state index in [4.69, 9.17) is 5.11 Å². The Balaban J connectivity index is 0.000000446. The van der Waals surface area contributed by atoms with Gasteiger partial charge in [-0.2, -0.15) is 0 Å². The summed E-state index contributed by atoms with van der Waals surface area (Å²) in [6, 6.07) is 4.88. The fraction of sp³-hybridized carbons (Fsp3) is 0.471. The average molecular weight is 337 g/mol. The van der Waals surface area contributed by atoms with Crippen molar-refractivity contribution in [3.05, 3.63) is 29.3 Å². The molecule has 6 heteroatoms. The van der Waals surface area contributed by atoms with Crippen LogP contribution in [0.25, 0.3) is 0 Å². The first kappa shape index (κ1) is 19.2. The summed E-state index contributed by atoms with van der Waals surface area (Å²) in [5.74, 6) is 0.473. The minimum atomic E-state index is -0.981. The van der Waals surface area contributed by atoms with Crippen molar-refractivity contribution in [2.24, 2.45) is 5.92 Å². The summed E-state index contributed by atoms with van der Waals surface area (Å²) in [7, 11) is 0. The highest BCUT2D eigenvalue weighted by Crippen LogP contribution is 2.19. The Morgan fingerprint density at radius 2 is 1.96 bits per heavy atom. The van der Waals surface area contributed by atoms with E-state index in [2.05, 4.69) is 19.2 Å². The molecule has 0 radical (unpaired) electrons. The quantitative estimate of drug-likeness (QED) is 0.855. The Hall–Kier alpha value is -1.82. The maximum atomic E-state index is 11.7. The van der Waals surface area contributed by atoms with E-state index < -0.39 is 5.97 Å². The van der Waals surface area contributed by atoms with Gasteiger partial charge in [0.25, 0.3) is 0 Å². The molecule has 126 valence electrons. The number of aromatic carboxylic acids is 1. The van der Waals surface area contributed by atoms with Crippen LogP contribution >= 0.6 is 11.8 Å². The van der Waals surface area contributed by atoms with Gasteiger partial charge >= 0.3 is 5.97 Å².